The number of pyridine rings is 1. The molecule has 0 bridgehead atoms. The van der Waals surface area contributed by atoms with E-state index < -0.39 is 12.0 Å². The summed E-state index contributed by atoms with van der Waals surface area (Å²) in [7, 11) is 0. The summed E-state index contributed by atoms with van der Waals surface area (Å²) in [5, 5.41) is 13.4. The second-order valence-electron chi connectivity index (χ2n) is 7.15. The zero-order valence-corrected chi connectivity index (χ0v) is 15.8. The van der Waals surface area contributed by atoms with Gasteiger partial charge in [0.05, 0.1) is 29.7 Å². The number of ether oxygens (including phenoxy) is 1. The number of alkyl halides is 3. The third-order valence-corrected chi connectivity index (χ3v) is 4.04. The quantitative estimate of drug-likeness (QED) is 0.818. The molecule has 1 amide bonds. The van der Waals surface area contributed by atoms with E-state index in [2.05, 4.69) is 9.72 Å². The first-order valence-electron chi connectivity index (χ1n) is 8.83. The van der Waals surface area contributed by atoms with E-state index in [0.717, 1.165) is 0 Å². The lowest BCUT2D eigenvalue weighted by molar-refractivity contribution is -0.274. The van der Waals surface area contributed by atoms with E-state index in [9.17, 15) is 23.1 Å². The highest BCUT2D eigenvalue weighted by molar-refractivity contribution is 5.97. The number of aromatic nitrogens is 1. The monoisotopic (exact) mass is 407 g/mol. The molecular formula is C20H20F3N3O3. The second kappa shape index (κ2) is 7.75. The number of benzene rings is 1. The van der Waals surface area contributed by atoms with Crippen LogP contribution in [0.1, 0.15) is 25.8 Å². The van der Waals surface area contributed by atoms with Crippen LogP contribution in [0.4, 0.5) is 18.9 Å². The molecular weight excluding hydrogens is 387 g/mol. The van der Waals surface area contributed by atoms with Crippen LogP contribution in [0.2, 0.25) is 0 Å². The molecule has 0 saturated heterocycles. The molecule has 2 heterocycles. The number of rotatable bonds is 5. The maximum Gasteiger partial charge on any atom is 0.573 e. The summed E-state index contributed by atoms with van der Waals surface area (Å²) in [6, 6.07) is 8.76. The van der Waals surface area contributed by atoms with Crippen LogP contribution in [0.25, 0.3) is 5.70 Å². The van der Waals surface area contributed by atoms with Crippen LogP contribution < -0.4 is 9.75 Å². The molecule has 0 atom stereocenters. The first kappa shape index (κ1) is 20.7. The second-order valence-corrected chi connectivity index (χ2v) is 7.15. The zero-order valence-electron chi connectivity index (χ0n) is 15.8. The van der Waals surface area contributed by atoms with Crippen molar-refractivity contribution in [3.8, 4) is 5.75 Å². The molecule has 1 N–H and O–H groups in total. The van der Waals surface area contributed by atoms with Crippen LogP contribution in [0.3, 0.4) is 0 Å². The standard InChI is InChI=1S/C20H20F3N3O3/c1-19(2,28)13-25-17(14-5-7-16(8-6-14)29-20(21,22)23)9-10-18(27)26(25)15-4-3-11-24-12-15/h3-9,11-12,28H,10,13H2,1-2H3. The van der Waals surface area contributed by atoms with E-state index in [1.165, 1.54) is 35.5 Å². The molecule has 0 aliphatic carbocycles. The first-order chi connectivity index (χ1) is 13.5. The fourth-order valence-corrected chi connectivity index (χ4v) is 3.00. The van der Waals surface area contributed by atoms with Gasteiger partial charge in [0.1, 0.15) is 5.75 Å². The Labute approximate surface area is 165 Å². The molecule has 29 heavy (non-hydrogen) atoms. The molecule has 0 saturated carbocycles. The van der Waals surface area contributed by atoms with E-state index in [1.54, 1.807) is 43.3 Å². The molecule has 3 rings (SSSR count). The van der Waals surface area contributed by atoms with Crippen molar-refractivity contribution in [3.05, 3.63) is 60.4 Å². The molecule has 9 heteroatoms. The van der Waals surface area contributed by atoms with Gasteiger partial charge in [0.15, 0.2) is 0 Å². The van der Waals surface area contributed by atoms with Gasteiger partial charge in [0.25, 0.3) is 0 Å². The average Bonchev–Trinajstić information content (AvgIpc) is 2.61. The SMILES string of the molecule is CC(C)(O)CN1C(c2ccc(OC(F)(F)F)cc2)=CCC(=O)N1c1cccnc1. The Bertz CT molecular complexity index is 891. The number of hydrazine groups is 1. The van der Waals surface area contributed by atoms with E-state index in [4.69, 9.17) is 0 Å². The molecule has 2 aromatic rings. The van der Waals surface area contributed by atoms with Gasteiger partial charge in [-0.05, 0) is 61.9 Å². The minimum Gasteiger partial charge on any atom is -0.406 e. The third-order valence-electron chi connectivity index (χ3n) is 4.04. The normalized spacial score (nSPS) is 15.4. The Kier molecular flexibility index (Phi) is 5.52. The van der Waals surface area contributed by atoms with Gasteiger partial charge in [-0.2, -0.15) is 0 Å². The van der Waals surface area contributed by atoms with Gasteiger partial charge in [-0.25, -0.2) is 5.01 Å². The smallest absolute Gasteiger partial charge is 0.406 e. The summed E-state index contributed by atoms with van der Waals surface area (Å²) >= 11 is 0. The van der Waals surface area contributed by atoms with Crippen LogP contribution >= 0.6 is 0 Å². The van der Waals surface area contributed by atoms with Crippen LogP contribution in [-0.2, 0) is 4.79 Å². The lowest BCUT2D eigenvalue weighted by atomic mass is 10.0. The fourth-order valence-electron chi connectivity index (χ4n) is 3.00. The van der Waals surface area contributed by atoms with Gasteiger partial charge >= 0.3 is 6.36 Å². The van der Waals surface area contributed by atoms with Gasteiger partial charge in [0, 0.05) is 12.6 Å². The van der Waals surface area contributed by atoms with Crippen molar-refractivity contribution in [1.82, 2.24) is 9.99 Å². The van der Waals surface area contributed by atoms with Crippen molar-refractivity contribution in [2.45, 2.75) is 32.2 Å². The molecule has 1 aliphatic heterocycles. The van der Waals surface area contributed by atoms with Gasteiger partial charge in [0.2, 0.25) is 5.91 Å². The molecule has 0 spiro atoms. The van der Waals surface area contributed by atoms with Crippen LogP contribution in [0.5, 0.6) is 5.75 Å². The van der Waals surface area contributed by atoms with Crippen molar-refractivity contribution in [1.29, 1.82) is 0 Å². The number of halogens is 3. The predicted octanol–water partition coefficient (Wildman–Crippen LogP) is 3.75. The van der Waals surface area contributed by atoms with E-state index in [0.29, 0.717) is 16.9 Å². The van der Waals surface area contributed by atoms with Crippen LogP contribution in [0.15, 0.2) is 54.9 Å². The molecule has 0 unspecified atom stereocenters. The maximum atomic E-state index is 12.7. The van der Waals surface area contributed by atoms with Gasteiger partial charge in [-0.15, -0.1) is 13.2 Å². The van der Waals surface area contributed by atoms with Gasteiger partial charge in [-0.1, -0.05) is 0 Å². The lowest BCUT2D eigenvalue weighted by Gasteiger charge is -2.43. The van der Waals surface area contributed by atoms with Crippen molar-refractivity contribution in [2.75, 3.05) is 11.6 Å². The highest BCUT2D eigenvalue weighted by atomic mass is 19.4. The highest BCUT2D eigenvalue weighted by Gasteiger charge is 2.34. The fraction of sp³-hybridized carbons (Fsp3) is 0.300. The number of carbonyl (C=O) groups is 1. The first-order valence-corrected chi connectivity index (χ1v) is 8.83. The van der Waals surface area contributed by atoms with E-state index in [1.807, 2.05) is 0 Å². The number of β-amino-alcohol motifs (C(OH)–C–C–N with tert-alkyl or cyclic N) is 1. The summed E-state index contributed by atoms with van der Waals surface area (Å²) in [4.78, 5) is 16.7. The van der Waals surface area contributed by atoms with Crippen molar-refractivity contribution >= 4 is 17.3 Å². The van der Waals surface area contributed by atoms with Gasteiger partial charge in [-0.3, -0.25) is 14.8 Å². The Morgan fingerprint density at radius 3 is 2.41 bits per heavy atom. The number of hydrogen-bond acceptors (Lipinski definition) is 5. The number of carbonyl (C=O) groups excluding carboxylic acids is 1. The average molecular weight is 407 g/mol. The molecule has 1 aliphatic rings. The lowest BCUT2D eigenvalue weighted by Crippen LogP contribution is -2.52. The van der Waals surface area contributed by atoms with Crippen LogP contribution in [-0.4, -0.2) is 39.5 Å². The summed E-state index contributed by atoms with van der Waals surface area (Å²) in [6.07, 6.45) is 0.100. The zero-order chi connectivity index (χ0) is 21.2. The molecule has 154 valence electrons. The summed E-state index contributed by atoms with van der Waals surface area (Å²) in [5.41, 5.74) is 0.514. The summed E-state index contributed by atoms with van der Waals surface area (Å²) < 4.78 is 41.1. The Hall–Kier alpha value is -3.07. The molecule has 0 fully saturated rings. The summed E-state index contributed by atoms with van der Waals surface area (Å²) in [6.45, 7) is 3.27. The predicted molar refractivity (Wildman–Crippen MR) is 100 cm³/mol. The van der Waals surface area contributed by atoms with Gasteiger partial charge < -0.3 is 9.84 Å². The van der Waals surface area contributed by atoms with Crippen LogP contribution in [0, 0.1) is 0 Å². The number of amides is 1. The minimum atomic E-state index is -4.78. The third kappa shape index (κ3) is 5.26. The Morgan fingerprint density at radius 2 is 1.86 bits per heavy atom. The maximum absolute atomic E-state index is 12.7. The van der Waals surface area contributed by atoms with E-state index in [-0.39, 0.29) is 24.6 Å². The molecule has 0 radical (unpaired) electrons. The summed E-state index contributed by atoms with van der Waals surface area (Å²) in [5.74, 6) is -0.560. The van der Waals surface area contributed by atoms with Crippen molar-refractivity contribution < 1.29 is 27.8 Å². The molecule has 1 aromatic carbocycles. The Morgan fingerprint density at radius 1 is 1.17 bits per heavy atom. The molecule has 6 nitrogen and oxygen atoms in total. The number of hydrogen-bond donors (Lipinski definition) is 1. The number of aliphatic hydroxyl groups is 1. The highest BCUT2D eigenvalue weighted by Crippen LogP contribution is 2.33. The number of anilines is 1. The number of nitrogens with zero attached hydrogens (tertiary/aromatic N) is 3. The topological polar surface area (TPSA) is 65.9 Å². The van der Waals surface area contributed by atoms with E-state index >= 15 is 0 Å². The minimum absolute atomic E-state index is 0.0697. The molecule has 1 aromatic heterocycles. The van der Waals surface area contributed by atoms with Crippen molar-refractivity contribution in [2.24, 2.45) is 0 Å². The Balaban J connectivity index is 1.98. The van der Waals surface area contributed by atoms with Crippen molar-refractivity contribution in [3.63, 3.8) is 0 Å². The largest absolute Gasteiger partial charge is 0.573 e.